The summed E-state index contributed by atoms with van der Waals surface area (Å²) in [6.07, 6.45) is 5.58. The van der Waals surface area contributed by atoms with Gasteiger partial charge >= 0.3 is 0 Å². The molecular weight excluding hydrogens is 288 g/mol. The Morgan fingerprint density at radius 3 is 2.96 bits per heavy atom. The lowest BCUT2D eigenvalue weighted by Gasteiger charge is -2.27. The van der Waals surface area contributed by atoms with Crippen molar-refractivity contribution in [3.63, 3.8) is 0 Å². The molecule has 122 valence electrons. The van der Waals surface area contributed by atoms with E-state index in [9.17, 15) is 4.79 Å². The first-order chi connectivity index (χ1) is 11.1. The van der Waals surface area contributed by atoms with Crippen LogP contribution in [0.3, 0.4) is 0 Å². The number of aryl methyl sites for hydroxylation is 2. The molecule has 2 aromatic rings. The summed E-state index contributed by atoms with van der Waals surface area (Å²) < 4.78 is 5.71. The number of furan rings is 1. The van der Waals surface area contributed by atoms with Crippen LogP contribution in [0.1, 0.15) is 36.0 Å². The minimum absolute atomic E-state index is 0.254. The third kappa shape index (κ3) is 2.55. The molecule has 1 aromatic heterocycles. The SMILES string of the molecule is Cc1cc(C)c2c(CC(=O)N3[C@H]4CCNC[C@@H]3CC4)coc2c1. The number of nitrogens with one attached hydrogen (secondary N) is 1. The molecule has 2 atom stereocenters. The summed E-state index contributed by atoms with van der Waals surface area (Å²) in [6, 6.07) is 5.00. The summed E-state index contributed by atoms with van der Waals surface area (Å²) in [5, 5.41) is 4.57. The molecule has 2 aliphatic heterocycles. The fourth-order valence-electron chi connectivity index (χ4n) is 4.40. The van der Waals surface area contributed by atoms with Crippen LogP contribution in [0, 0.1) is 13.8 Å². The van der Waals surface area contributed by atoms with Crippen molar-refractivity contribution in [1.82, 2.24) is 10.2 Å². The summed E-state index contributed by atoms with van der Waals surface area (Å²) in [4.78, 5) is 15.1. The lowest BCUT2D eigenvalue weighted by Crippen LogP contribution is -2.43. The van der Waals surface area contributed by atoms with E-state index in [0.29, 0.717) is 18.5 Å². The van der Waals surface area contributed by atoms with Crippen LogP contribution < -0.4 is 5.32 Å². The molecule has 2 fully saturated rings. The van der Waals surface area contributed by atoms with Gasteiger partial charge in [0.15, 0.2) is 0 Å². The minimum atomic E-state index is 0.254. The maximum Gasteiger partial charge on any atom is 0.227 e. The molecule has 2 aliphatic rings. The molecule has 2 bridgehead atoms. The number of carbonyl (C=O) groups is 1. The Balaban J connectivity index is 1.62. The Labute approximate surface area is 136 Å². The van der Waals surface area contributed by atoms with E-state index in [1.54, 1.807) is 6.26 Å². The molecule has 1 N–H and O–H groups in total. The number of rotatable bonds is 2. The Morgan fingerprint density at radius 1 is 1.26 bits per heavy atom. The van der Waals surface area contributed by atoms with Crippen LogP contribution in [-0.2, 0) is 11.2 Å². The van der Waals surface area contributed by atoms with Crippen LogP contribution in [0.15, 0.2) is 22.8 Å². The number of hydrogen-bond acceptors (Lipinski definition) is 3. The molecule has 3 heterocycles. The van der Waals surface area contributed by atoms with E-state index in [4.69, 9.17) is 4.42 Å². The van der Waals surface area contributed by atoms with Gasteiger partial charge in [-0.25, -0.2) is 0 Å². The summed E-state index contributed by atoms with van der Waals surface area (Å²) in [5.41, 5.74) is 4.31. The van der Waals surface area contributed by atoms with Crippen molar-refractivity contribution in [3.8, 4) is 0 Å². The normalized spacial score (nSPS) is 24.2. The smallest absolute Gasteiger partial charge is 0.227 e. The number of nitrogens with zero attached hydrogens (tertiary/aromatic N) is 1. The zero-order valence-corrected chi connectivity index (χ0v) is 13.9. The molecular formula is C19H24N2O2. The fraction of sp³-hybridized carbons (Fsp3) is 0.526. The van der Waals surface area contributed by atoms with Gasteiger partial charge in [0.25, 0.3) is 0 Å². The average Bonchev–Trinajstić information content (AvgIpc) is 2.98. The predicted molar refractivity (Wildman–Crippen MR) is 90.5 cm³/mol. The van der Waals surface area contributed by atoms with Gasteiger partial charge in [-0.2, -0.15) is 0 Å². The number of fused-ring (bicyclic) bond motifs is 3. The number of benzene rings is 1. The molecule has 23 heavy (non-hydrogen) atoms. The molecule has 1 amide bonds. The Morgan fingerprint density at radius 2 is 2.09 bits per heavy atom. The fourth-order valence-corrected chi connectivity index (χ4v) is 4.40. The van der Waals surface area contributed by atoms with E-state index in [1.165, 1.54) is 11.1 Å². The molecule has 0 saturated carbocycles. The van der Waals surface area contributed by atoms with Gasteiger partial charge in [-0.05, 0) is 56.8 Å². The number of amides is 1. The maximum absolute atomic E-state index is 13.0. The van der Waals surface area contributed by atoms with Gasteiger partial charge in [-0.3, -0.25) is 4.79 Å². The van der Waals surface area contributed by atoms with Gasteiger partial charge in [0, 0.05) is 29.6 Å². The lowest BCUT2D eigenvalue weighted by molar-refractivity contribution is -0.133. The standard InChI is InChI=1S/C19H24N2O2/c1-12-7-13(2)19-14(11-23-17(19)8-12)9-18(22)21-15-3-4-16(21)10-20-6-5-15/h7-8,11,15-16,20H,3-6,9-10H2,1-2H3/t15-,16+/m1/s1. The first kappa shape index (κ1) is 14.8. The van der Waals surface area contributed by atoms with Gasteiger partial charge in [-0.1, -0.05) is 6.07 Å². The van der Waals surface area contributed by atoms with Gasteiger partial charge in [-0.15, -0.1) is 0 Å². The number of carbonyl (C=O) groups excluding carboxylic acids is 1. The largest absolute Gasteiger partial charge is 0.464 e. The van der Waals surface area contributed by atoms with Crippen molar-refractivity contribution in [2.75, 3.05) is 13.1 Å². The Kier molecular flexibility index (Phi) is 3.64. The van der Waals surface area contributed by atoms with Crippen molar-refractivity contribution >= 4 is 16.9 Å². The highest BCUT2D eigenvalue weighted by Gasteiger charge is 2.37. The minimum Gasteiger partial charge on any atom is -0.464 e. The molecule has 4 nitrogen and oxygen atoms in total. The highest BCUT2D eigenvalue weighted by atomic mass is 16.3. The van der Waals surface area contributed by atoms with Gasteiger partial charge in [0.1, 0.15) is 5.58 Å². The molecule has 4 rings (SSSR count). The van der Waals surface area contributed by atoms with E-state index >= 15 is 0 Å². The highest BCUT2D eigenvalue weighted by molar-refractivity contribution is 5.90. The molecule has 0 aliphatic carbocycles. The van der Waals surface area contributed by atoms with E-state index in [0.717, 1.165) is 48.9 Å². The van der Waals surface area contributed by atoms with Crippen molar-refractivity contribution < 1.29 is 9.21 Å². The van der Waals surface area contributed by atoms with E-state index in [-0.39, 0.29) is 5.91 Å². The first-order valence-corrected chi connectivity index (χ1v) is 8.62. The van der Waals surface area contributed by atoms with E-state index < -0.39 is 0 Å². The first-order valence-electron chi connectivity index (χ1n) is 8.62. The molecule has 0 radical (unpaired) electrons. The second-order valence-corrected chi connectivity index (χ2v) is 7.07. The summed E-state index contributed by atoms with van der Waals surface area (Å²) in [6.45, 7) is 6.13. The zero-order valence-electron chi connectivity index (χ0n) is 13.9. The predicted octanol–water partition coefficient (Wildman–Crippen LogP) is 2.95. The average molecular weight is 312 g/mol. The molecule has 0 spiro atoms. The van der Waals surface area contributed by atoms with E-state index in [2.05, 4.69) is 36.2 Å². The van der Waals surface area contributed by atoms with Crippen LogP contribution in [0.4, 0.5) is 0 Å². The van der Waals surface area contributed by atoms with Crippen molar-refractivity contribution in [3.05, 3.63) is 35.1 Å². The molecule has 2 saturated heterocycles. The van der Waals surface area contributed by atoms with Gasteiger partial charge < -0.3 is 14.6 Å². The van der Waals surface area contributed by atoms with Crippen molar-refractivity contribution in [1.29, 1.82) is 0 Å². The Bertz CT molecular complexity index is 735. The van der Waals surface area contributed by atoms with Crippen LogP contribution in [0.5, 0.6) is 0 Å². The quantitative estimate of drug-likeness (QED) is 0.927. The van der Waals surface area contributed by atoms with Crippen molar-refractivity contribution in [2.24, 2.45) is 0 Å². The maximum atomic E-state index is 13.0. The second-order valence-electron chi connectivity index (χ2n) is 7.07. The molecule has 4 heteroatoms. The monoisotopic (exact) mass is 312 g/mol. The van der Waals surface area contributed by atoms with Crippen LogP contribution in [-0.4, -0.2) is 36.0 Å². The summed E-state index contributed by atoms with van der Waals surface area (Å²) >= 11 is 0. The van der Waals surface area contributed by atoms with E-state index in [1.807, 2.05) is 0 Å². The van der Waals surface area contributed by atoms with Crippen LogP contribution in [0.25, 0.3) is 11.0 Å². The third-order valence-electron chi connectivity index (χ3n) is 5.38. The highest BCUT2D eigenvalue weighted by Crippen LogP contribution is 2.31. The summed E-state index contributed by atoms with van der Waals surface area (Å²) in [7, 11) is 0. The zero-order chi connectivity index (χ0) is 16.0. The molecule has 0 unspecified atom stereocenters. The lowest BCUT2D eigenvalue weighted by atomic mass is 10.0. The second kappa shape index (κ2) is 5.68. The number of hydrogen-bond donors (Lipinski definition) is 1. The summed E-state index contributed by atoms with van der Waals surface area (Å²) in [5.74, 6) is 0.254. The Hall–Kier alpha value is -1.81. The third-order valence-corrected chi connectivity index (χ3v) is 5.38. The topological polar surface area (TPSA) is 45.5 Å². The van der Waals surface area contributed by atoms with Crippen molar-refractivity contribution in [2.45, 2.75) is 51.6 Å². The van der Waals surface area contributed by atoms with Gasteiger partial charge in [0.05, 0.1) is 12.7 Å². The molecule has 1 aromatic carbocycles. The van der Waals surface area contributed by atoms with Crippen LogP contribution in [0.2, 0.25) is 0 Å². The van der Waals surface area contributed by atoms with Gasteiger partial charge in [0.2, 0.25) is 5.91 Å². The van der Waals surface area contributed by atoms with Crippen LogP contribution >= 0.6 is 0 Å².